The molecule has 0 unspecified atom stereocenters. The largest absolute Gasteiger partial charge is 0.456 e. The van der Waals surface area contributed by atoms with Gasteiger partial charge in [-0.05, 0) is 24.3 Å². The van der Waals surface area contributed by atoms with E-state index in [-0.39, 0.29) is 10.6 Å². The Balaban J connectivity index is 2.14. The molecule has 0 radical (unpaired) electrons. The predicted octanol–water partition coefficient (Wildman–Crippen LogP) is 2.67. The number of benzene rings is 1. The smallest absolute Gasteiger partial charge is 0.316 e. The molecule has 0 aliphatic heterocycles. The zero-order chi connectivity index (χ0) is 11.4. The summed E-state index contributed by atoms with van der Waals surface area (Å²) >= 11 is 0. The van der Waals surface area contributed by atoms with Crippen molar-refractivity contribution in [2.75, 3.05) is 0 Å². The average molecular weight is 217 g/mol. The Morgan fingerprint density at radius 1 is 1.12 bits per heavy atom. The van der Waals surface area contributed by atoms with Gasteiger partial charge >= 0.3 is 5.69 Å². The topological polar surface area (TPSA) is 62.4 Å². The highest BCUT2D eigenvalue weighted by Crippen LogP contribution is 2.22. The van der Waals surface area contributed by atoms with Gasteiger partial charge in [0.05, 0.1) is 11.1 Å². The molecule has 80 valence electrons. The first-order chi connectivity index (χ1) is 7.75. The molecular weight excluding hydrogens is 208 g/mol. The lowest BCUT2D eigenvalue weighted by Crippen LogP contribution is -1.91. The molecule has 2 aromatic rings. The van der Waals surface area contributed by atoms with Gasteiger partial charge in [0.25, 0.3) is 4.92 Å². The number of hydrogen-bond donors (Lipinski definition) is 1. The summed E-state index contributed by atoms with van der Waals surface area (Å²) in [4.78, 5) is 14.2. The number of nitrogens with zero attached hydrogens (tertiary/aromatic N) is 2. The number of hydrogen-bond acceptors (Lipinski definition) is 3. The lowest BCUT2D eigenvalue weighted by atomic mass is 10.3. The van der Waals surface area contributed by atoms with E-state index in [4.69, 9.17) is 9.94 Å². The number of rotatable bonds is 3. The summed E-state index contributed by atoms with van der Waals surface area (Å²) in [5.41, 5.74) is 0.151. The van der Waals surface area contributed by atoms with Gasteiger partial charge in [-0.3, -0.25) is 4.98 Å². The highest BCUT2D eigenvalue weighted by molar-refractivity contribution is 5.37. The Morgan fingerprint density at radius 3 is 2.44 bits per heavy atom. The van der Waals surface area contributed by atoms with Gasteiger partial charge in [-0.1, -0.05) is 0 Å². The van der Waals surface area contributed by atoms with E-state index >= 15 is 0 Å². The van der Waals surface area contributed by atoms with Crippen LogP contribution >= 0.6 is 0 Å². The molecule has 1 N–H and O–H groups in total. The number of ether oxygens (including phenoxy) is 1. The first-order valence-corrected chi connectivity index (χ1v) is 4.60. The van der Waals surface area contributed by atoms with Crippen LogP contribution in [0.4, 0.5) is 5.69 Å². The lowest BCUT2D eigenvalue weighted by Gasteiger charge is -2.03. The molecule has 0 spiro atoms. The molecule has 0 bridgehead atoms. The standard InChI is InChI=1S/C11H9N2O3/c14-13(15)9-3-5-10(6-4-9)16-11-2-1-7-12-8-11/h1-8H,(H,14,15)/q+1. The first kappa shape index (κ1) is 10.1. The maximum Gasteiger partial charge on any atom is 0.316 e. The monoisotopic (exact) mass is 217 g/mol. The van der Waals surface area contributed by atoms with E-state index in [2.05, 4.69) is 4.98 Å². The molecule has 0 aliphatic rings. The highest BCUT2D eigenvalue weighted by atomic mass is 16.6. The van der Waals surface area contributed by atoms with Gasteiger partial charge in [-0.25, -0.2) is 5.21 Å². The molecule has 0 saturated heterocycles. The van der Waals surface area contributed by atoms with Crippen LogP contribution in [0.25, 0.3) is 0 Å². The lowest BCUT2D eigenvalue weighted by molar-refractivity contribution is -0.729. The van der Waals surface area contributed by atoms with Crippen LogP contribution in [0.2, 0.25) is 0 Å². The van der Waals surface area contributed by atoms with E-state index in [0.717, 1.165) is 0 Å². The summed E-state index contributed by atoms with van der Waals surface area (Å²) < 4.78 is 5.45. The Labute approximate surface area is 91.5 Å². The summed E-state index contributed by atoms with van der Waals surface area (Å²) in [5.74, 6) is 1.18. The third kappa shape index (κ3) is 2.33. The van der Waals surface area contributed by atoms with Crippen molar-refractivity contribution in [2.24, 2.45) is 0 Å². The van der Waals surface area contributed by atoms with Gasteiger partial charge in [0.2, 0.25) is 0 Å². The van der Waals surface area contributed by atoms with Crippen molar-refractivity contribution in [3.8, 4) is 11.5 Å². The van der Waals surface area contributed by atoms with Crippen molar-refractivity contribution in [1.82, 2.24) is 4.98 Å². The van der Waals surface area contributed by atoms with Crippen LogP contribution in [0.5, 0.6) is 11.5 Å². The minimum Gasteiger partial charge on any atom is -0.456 e. The molecule has 16 heavy (non-hydrogen) atoms. The highest BCUT2D eigenvalue weighted by Gasteiger charge is 2.10. The fourth-order valence-corrected chi connectivity index (χ4v) is 1.19. The Hall–Kier alpha value is -2.43. The van der Waals surface area contributed by atoms with Crippen molar-refractivity contribution in [2.45, 2.75) is 0 Å². The second-order valence-corrected chi connectivity index (χ2v) is 3.06. The molecule has 0 atom stereocenters. The minimum atomic E-state index is -0.201. The van der Waals surface area contributed by atoms with Gasteiger partial charge in [-0.2, -0.15) is 0 Å². The van der Waals surface area contributed by atoms with Crippen LogP contribution in [0.15, 0.2) is 48.8 Å². The molecule has 5 heteroatoms. The van der Waals surface area contributed by atoms with Crippen molar-refractivity contribution in [3.63, 3.8) is 0 Å². The molecule has 5 nitrogen and oxygen atoms in total. The Morgan fingerprint density at radius 2 is 1.88 bits per heavy atom. The number of aromatic nitrogens is 1. The summed E-state index contributed by atoms with van der Waals surface area (Å²) in [7, 11) is 0. The molecule has 0 fully saturated rings. The van der Waals surface area contributed by atoms with Gasteiger partial charge in [-0.15, -0.1) is 0 Å². The summed E-state index contributed by atoms with van der Waals surface area (Å²) in [6.07, 6.45) is 3.23. The van der Waals surface area contributed by atoms with E-state index in [1.54, 1.807) is 36.7 Å². The van der Waals surface area contributed by atoms with Crippen LogP contribution in [-0.4, -0.2) is 15.1 Å². The van der Waals surface area contributed by atoms with Crippen molar-refractivity contribution in [3.05, 3.63) is 53.7 Å². The zero-order valence-corrected chi connectivity index (χ0v) is 8.28. The maximum absolute atomic E-state index is 10.5. The van der Waals surface area contributed by atoms with E-state index < -0.39 is 0 Å². The summed E-state index contributed by atoms with van der Waals surface area (Å²) in [6.45, 7) is 0. The van der Waals surface area contributed by atoms with Gasteiger partial charge in [0, 0.05) is 18.3 Å². The van der Waals surface area contributed by atoms with Crippen molar-refractivity contribution in [1.29, 1.82) is 0 Å². The van der Waals surface area contributed by atoms with E-state index in [1.807, 2.05) is 0 Å². The molecule has 0 amide bonds. The fraction of sp³-hybridized carbons (Fsp3) is 0. The maximum atomic E-state index is 10.5. The molecular formula is C11H9N2O3+. The van der Waals surface area contributed by atoms with Gasteiger partial charge in [0.1, 0.15) is 11.5 Å². The second kappa shape index (κ2) is 4.39. The van der Waals surface area contributed by atoms with Crippen LogP contribution in [0.3, 0.4) is 0 Å². The van der Waals surface area contributed by atoms with Crippen LogP contribution in [0, 0.1) is 4.91 Å². The molecule has 2 rings (SSSR count). The van der Waals surface area contributed by atoms with Crippen molar-refractivity contribution >= 4 is 5.69 Å². The second-order valence-electron chi connectivity index (χ2n) is 3.06. The first-order valence-electron chi connectivity index (χ1n) is 4.60. The molecule has 1 heterocycles. The summed E-state index contributed by atoms with van der Waals surface area (Å²) in [6, 6.07) is 9.62. The van der Waals surface area contributed by atoms with Crippen LogP contribution < -0.4 is 4.74 Å². The molecule has 1 aromatic carbocycles. The summed E-state index contributed by atoms with van der Waals surface area (Å²) in [5, 5.41) is 8.63. The third-order valence-electron chi connectivity index (χ3n) is 1.93. The minimum absolute atomic E-state index is 0.151. The average Bonchev–Trinajstić information content (AvgIpc) is 2.31. The van der Waals surface area contributed by atoms with E-state index in [1.165, 1.54) is 12.1 Å². The fourth-order valence-electron chi connectivity index (χ4n) is 1.19. The quantitative estimate of drug-likeness (QED) is 0.803. The normalized spacial score (nSPS) is 9.75. The SMILES string of the molecule is O=[N+](O)c1ccc(Oc2cccnc2)cc1. The van der Waals surface area contributed by atoms with Gasteiger partial charge in [0.15, 0.2) is 0 Å². The molecule has 0 aliphatic carbocycles. The Bertz CT molecular complexity index is 482. The third-order valence-corrected chi connectivity index (χ3v) is 1.93. The van der Waals surface area contributed by atoms with Crippen LogP contribution in [-0.2, 0) is 0 Å². The Kier molecular flexibility index (Phi) is 2.77. The number of pyridine rings is 1. The zero-order valence-electron chi connectivity index (χ0n) is 8.28. The van der Waals surface area contributed by atoms with E-state index in [0.29, 0.717) is 11.5 Å². The molecule has 1 aromatic heterocycles. The molecule has 0 saturated carbocycles. The van der Waals surface area contributed by atoms with E-state index in [9.17, 15) is 4.91 Å². The van der Waals surface area contributed by atoms with Gasteiger partial charge < -0.3 is 4.74 Å². The van der Waals surface area contributed by atoms with Crippen molar-refractivity contribution < 1.29 is 14.9 Å². The predicted molar refractivity (Wildman–Crippen MR) is 55.8 cm³/mol. The van der Waals surface area contributed by atoms with Crippen LogP contribution in [0.1, 0.15) is 0 Å².